The highest BCUT2D eigenvalue weighted by Gasteiger charge is 2.41. The van der Waals surface area contributed by atoms with E-state index in [9.17, 15) is 4.79 Å². The third-order valence-corrected chi connectivity index (χ3v) is 6.83. The Morgan fingerprint density at radius 2 is 1.97 bits per heavy atom. The molecule has 150 valence electrons. The third-order valence-electron chi connectivity index (χ3n) is 6.60. The number of hydrogen-bond donors (Lipinski definition) is 0. The molecule has 3 atom stereocenters. The number of fused-ring (bicyclic) bond motifs is 3. The van der Waals surface area contributed by atoms with Gasteiger partial charge in [-0.15, -0.1) is 0 Å². The fraction of sp³-hybridized carbons (Fsp3) is 0.375. The topological polar surface area (TPSA) is 38.8 Å². The first-order valence-electron chi connectivity index (χ1n) is 10.2. The minimum atomic E-state index is -0.0337. The van der Waals surface area contributed by atoms with Crippen LogP contribution in [0.5, 0.6) is 11.5 Å². The van der Waals surface area contributed by atoms with Crippen molar-refractivity contribution in [3.8, 4) is 11.5 Å². The predicted molar refractivity (Wildman–Crippen MR) is 116 cm³/mol. The molecule has 5 rings (SSSR count). The number of carbonyl (C=O) groups excluding carboxylic acids is 1. The summed E-state index contributed by atoms with van der Waals surface area (Å²) in [5.74, 6) is 2.92. The van der Waals surface area contributed by atoms with Crippen molar-refractivity contribution < 1.29 is 14.3 Å². The molecule has 2 fully saturated rings. The molecule has 2 bridgehead atoms. The lowest BCUT2D eigenvalue weighted by molar-refractivity contribution is -0.112. The van der Waals surface area contributed by atoms with Crippen LogP contribution in [0.4, 0.5) is 5.69 Å². The Morgan fingerprint density at radius 3 is 2.69 bits per heavy atom. The van der Waals surface area contributed by atoms with Crippen LogP contribution in [0.1, 0.15) is 36.8 Å². The van der Waals surface area contributed by atoms with Gasteiger partial charge in [-0.25, -0.2) is 0 Å². The molecule has 0 saturated heterocycles. The van der Waals surface area contributed by atoms with Crippen molar-refractivity contribution in [3.05, 3.63) is 52.5 Å². The van der Waals surface area contributed by atoms with Crippen LogP contribution in [0.25, 0.3) is 11.6 Å². The van der Waals surface area contributed by atoms with Gasteiger partial charge in [0.2, 0.25) is 0 Å². The average molecular weight is 410 g/mol. The summed E-state index contributed by atoms with van der Waals surface area (Å²) in [5, 5.41) is 0.618. The Labute approximate surface area is 176 Å². The molecule has 0 spiro atoms. The van der Waals surface area contributed by atoms with Crippen LogP contribution < -0.4 is 14.4 Å². The SMILES string of the molecule is COc1ccc(/C=C2\C(=O)N(C)c3ccc(Cl)cc32)cc1O[C@H]1C[C@@H]2CC[C@H]1C2. The minimum Gasteiger partial charge on any atom is -0.493 e. The number of anilines is 1. The summed E-state index contributed by atoms with van der Waals surface area (Å²) in [6.45, 7) is 0. The first kappa shape index (κ1) is 18.6. The number of halogens is 1. The van der Waals surface area contributed by atoms with Crippen molar-refractivity contribution in [2.45, 2.75) is 31.8 Å². The molecule has 29 heavy (non-hydrogen) atoms. The van der Waals surface area contributed by atoms with Crippen molar-refractivity contribution in [2.75, 3.05) is 19.1 Å². The Kier molecular flexibility index (Phi) is 4.54. The standard InChI is InChI=1S/C24H24ClNO3/c1-26-20-7-6-17(25)13-18(20)19(24(26)27)10-15-4-8-21(28-2)23(12-15)29-22-11-14-3-5-16(22)9-14/h4,6-8,10,12-14,16,22H,3,5,9,11H2,1-2H3/b19-10-/t14-,16+,22+/m1/s1. The van der Waals surface area contributed by atoms with Crippen LogP contribution in [0.3, 0.4) is 0 Å². The smallest absolute Gasteiger partial charge is 0.258 e. The van der Waals surface area contributed by atoms with Gasteiger partial charge in [0, 0.05) is 23.2 Å². The molecular weight excluding hydrogens is 386 g/mol. The van der Waals surface area contributed by atoms with E-state index >= 15 is 0 Å². The maximum Gasteiger partial charge on any atom is 0.258 e. The van der Waals surface area contributed by atoms with E-state index in [1.807, 2.05) is 42.5 Å². The number of ether oxygens (including phenoxy) is 2. The van der Waals surface area contributed by atoms with Crippen LogP contribution in [-0.2, 0) is 4.79 Å². The van der Waals surface area contributed by atoms with Gasteiger partial charge in [0.1, 0.15) is 6.10 Å². The Morgan fingerprint density at radius 1 is 1.10 bits per heavy atom. The van der Waals surface area contributed by atoms with E-state index in [-0.39, 0.29) is 12.0 Å². The molecule has 2 aliphatic carbocycles. The van der Waals surface area contributed by atoms with Crippen LogP contribution in [0.2, 0.25) is 5.02 Å². The minimum absolute atomic E-state index is 0.0337. The number of amides is 1. The van der Waals surface area contributed by atoms with Gasteiger partial charge in [-0.05, 0) is 79.5 Å². The van der Waals surface area contributed by atoms with Crippen molar-refractivity contribution in [1.29, 1.82) is 0 Å². The second-order valence-corrected chi connectivity index (χ2v) is 8.76. The summed E-state index contributed by atoms with van der Waals surface area (Å²) in [6.07, 6.45) is 7.20. The second kappa shape index (κ2) is 7.10. The molecule has 1 heterocycles. The molecular formula is C24H24ClNO3. The lowest BCUT2D eigenvalue weighted by Gasteiger charge is -2.24. The number of carbonyl (C=O) groups is 1. The number of methoxy groups -OCH3 is 1. The Bertz CT molecular complexity index is 1020. The Hall–Kier alpha value is -2.46. The van der Waals surface area contributed by atoms with Gasteiger partial charge < -0.3 is 14.4 Å². The van der Waals surface area contributed by atoms with Gasteiger partial charge in [0.25, 0.3) is 5.91 Å². The third kappa shape index (κ3) is 3.20. The van der Waals surface area contributed by atoms with E-state index in [2.05, 4.69) is 0 Å². The van der Waals surface area contributed by atoms with Gasteiger partial charge in [-0.3, -0.25) is 4.79 Å². The lowest BCUT2D eigenvalue weighted by atomic mass is 9.97. The van der Waals surface area contributed by atoms with E-state index in [1.165, 1.54) is 19.3 Å². The fourth-order valence-electron chi connectivity index (χ4n) is 5.10. The van der Waals surface area contributed by atoms with E-state index in [0.717, 1.165) is 40.7 Å². The first-order valence-corrected chi connectivity index (χ1v) is 10.6. The molecule has 2 saturated carbocycles. The first-order chi connectivity index (χ1) is 14.0. The molecule has 2 aromatic rings. The predicted octanol–water partition coefficient (Wildman–Crippen LogP) is 5.43. The van der Waals surface area contributed by atoms with Crippen LogP contribution in [-0.4, -0.2) is 26.2 Å². The molecule has 1 aliphatic heterocycles. The van der Waals surface area contributed by atoms with Crippen LogP contribution >= 0.6 is 11.6 Å². The number of hydrogen-bond acceptors (Lipinski definition) is 3. The molecule has 0 N–H and O–H groups in total. The lowest BCUT2D eigenvalue weighted by Crippen LogP contribution is -2.23. The highest BCUT2D eigenvalue weighted by molar-refractivity contribution is 6.37. The summed E-state index contributed by atoms with van der Waals surface area (Å²) in [7, 11) is 3.45. The molecule has 0 aromatic heterocycles. The monoisotopic (exact) mass is 409 g/mol. The molecule has 1 amide bonds. The second-order valence-electron chi connectivity index (χ2n) is 8.33. The maximum atomic E-state index is 12.8. The van der Waals surface area contributed by atoms with Crippen LogP contribution in [0.15, 0.2) is 36.4 Å². The normalized spacial score (nSPS) is 26.3. The number of nitrogens with zero attached hydrogens (tertiary/aromatic N) is 1. The molecule has 4 nitrogen and oxygen atoms in total. The van der Waals surface area contributed by atoms with E-state index in [1.54, 1.807) is 19.1 Å². The molecule has 0 unspecified atom stereocenters. The van der Waals surface area contributed by atoms with Crippen molar-refractivity contribution >= 4 is 34.8 Å². The fourth-order valence-corrected chi connectivity index (χ4v) is 5.27. The van der Waals surface area contributed by atoms with Crippen LogP contribution in [0, 0.1) is 11.8 Å². The summed E-state index contributed by atoms with van der Waals surface area (Å²) in [5.41, 5.74) is 3.28. The van der Waals surface area contributed by atoms with Crippen molar-refractivity contribution in [3.63, 3.8) is 0 Å². The highest BCUT2D eigenvalue weighted by Crippen LogP contribution is 2.47. The highest BCUT2D eigenvalue weighted by atomic mass is 35.5. The van der Waals surface area contributed by atoms with E-state index in [0.29, 0.717) is 16.5 Å². The summed E-state index contributed by atoms with van der Waals surface area (Å²) in [4.78, 5) is 14.5. The van der Waals surface area contributed by atoms with Crippen molar-refractivity contribution in [1.82, 2.24) is 0 Å². The summed E-state index contributed by atoms with van der Waals surface area (Å²) >= 11 is 6.18. The van der Waals surface area contributed by atoms with E-state index in [4.69, 9.17) is 21.1 Å². The zero-order chi connectivity index (χ0) is 20.1. The van der Waals surface area contributed by atoms with Gasteiger partial charge >= 0.3 is 0 Å². The van der Waals surface area contributed by atoms with Crippen molar-refractivity contribution in [2.24, 2.45) is 11.8 Å². The summed E-state index contributed by atoms with van der Waals surface area (Å²) in [6, 6.07) is 11.4. The molecule has 0 radical (unpaired) electrons. The quantitative estimate of drug-likeness (QED) is 0.632. The van der Waals surface area contributed by atoms with Gasteiger partial charge in [-0.1, -0.05) is 17.7 Å². The Balaban J connectivity index is 1.49. The number of benzene rings is 2. The summed E-state index contributed by atoms with van der Waals surface area (Å²) < 4.78 is 11.9. The van der Waals surface area contributed by atoms with Gasteiger partial charge in [0.05, 0.1) is 12.8 Å². The zero-order valence-electron chi connectivity index (χ0n) is 16.7. The number of rotatable bonds is 4. The zero-order valence-corrected chi connectivity index (χ0v) is 17.4. The number of likely N-dealkylation sites (N-methyl/N-ethyl adjacent to an activating group) is 1. The molecule has 5 heteroatoms. The van der Waals surface area contributed by atoms with E-state index < -0.39 is 0 Å². The molecule has 3 aliphatic rings. The maximum absolute atomic E-state index is 12.8. The molecule has 2 aromatic carbocycles. The van der Waals surface area contributed by atoms with Gasteiger partial charge in [0.15, 0.2) is 11.5 Å². The van der Waals surface area contributed by atoms with Gasteiger partial charge in [-0.2, -0.15) is 0 Å². The largest absolute Gasteiger partial charge is 0.493 e. The average Bonchev–Trinajstić information content (AvgIpc) is 3.39.